The highest BCUT2D eigenvalue weighted by molar-refractivity contribution is 5.09. The molecule has 1 unspecified atom stereocenters. The van der Waals surface area contributed by atoms with E-state index in [1.54, 1.807) is 18.6 Å². The summed E-state index contributed by atoms with van der Waals surface area (Å²) in [5.74, 6) is 0.600. The zero-order valence-corrected chi connectivity index (χ0v) is 14.0. The van der Waals surface area contributed by atoms with Gasteiger partial charge in [-0.3, -0.25) is 14.6 Å². The Morgan fingerprint density at radius 2 is 2.25 bits per heavy atom. The van der Waals surface area contributed by atoms with Gasteiger partial charge in [0.2, 0.25) is 5.88 Å². The monoisotopic (exact) mass is 329 g/mol. The Kier molecular flexibility index (Phi) is 4.20. The summed E-state index contributed by atoms with van der Waals surface area (Å²) in [5.41, 5.74) is 1.20. The first-order valence-electron chi connectivity index (χ1n) is 8.55. The summed E-state index contributed by atoms with van der Waals surface area (Å²) in [6, 6.07) is 0. The van der Waals surface area contributed by atoms with E-state index in [0.29, 0.717) is 5.88 Å². The highest BCUT2D eigenvalue weighted by atomic mass is 16.5. The van der Waals surface area contributed by atoms with Gasteiger partial charge in [0, 0.05) is 63.2 Å². The third-order valence-electron chi connectivity index (χ3n) is 4.72. The molecule has 0 radical (unpaired) electrons. The lowest BCUT2D eigenvalue weighted by Gasteiger charge is -2.53. The Hall–Kier alpha value is -1.99. The van der Waals surface area contributed by atoms with Crippen LogP contribution in [-0.2, 0) is 17.8 Å². The maximum Gasteiger partial charge on any atom is 0.232 e. The van der Waals surface area contributed by atoms with Crippen LogP contribution in [0.25, 0.3) is 0 Å². The molecule has 0 amide bonds. The third kappa shape index (κ3) is 3.27. The molecule has 7 heteroatoms. The first kappa shape index (κ1) is 15.5. The van der Waals surface area contributed by atoms with Crippen molar-refractivity contribution in [2.24, 2.45) is 0 Å². The fourth-order valence-electron chi connectivity index (χ4n) is 3.62. The molecule has 7 nitrogen and oxygen atoms in total. The average molecular weight is 329 g/mol. The summed E-state index contributed by atoms with van der Waals surface area (Å²) in [5, 5.41) is 4.33. The van der Waals surface area contributed by atoms with E-state index in [1.807, 2.05) is 10.9 Å². The molecule has 128 valence electrons. The minimum Gasteiger partial charge on any atom is -0.473 e. The Balaban J connectivity index is 1.30. The minimum atomic E-state index is -0.0636. The van der Waals surface area contributed by atoms with E-state index in [2.05, 4.69) is 33.1 Å². The largest absolute Gasteiger partial charge is 0.473 e. The van der Waals surface area contributed by atoms with Gasteiger partial charge in [-0.2, -0.15) is 5.10 Å². The van der Waals surface area contributed by atoms with Crippen molar-refractivity contribution in [3.8, 4) is 5.88 Å². The number of nitrogens with zero attached hydrogens (tertiary/aromatic N) is 5. The molecule has 0 N–H and O–H groups in total. The Bertz CT molecular complexity index is 669. The molecule has 2 aromatic rings. The van der Waals surface area contributed by atoms with Crippen LogP contribution in [0, 0.1) is 0 Å². The van der Waals surface area contributed by atoms with Gasteiger partial charge in [0.1, 0.15) is 6.10 Å². The summed E-state index contributed by atoms with van der Waals surface area (Å²) >= 11 is 0. The molecule has 0 aliphatic carbocycles. The quantitative estimate of drug-likeness (QED) is 0.828. The van der Waals surface area contributed by atoms with E-state index in [-0.39, 0.29) is 11.7 Å². The Labute approximate surface area is 141 Å². The third-order valence-corrected chi connectivity index (χ3v) is 4.72. The lowest BCUT2D eigenvalue weighted by Crippen LogP contribution is -2.65. The van der Waals surface area contributed by atoms with Crippen LogP contribution in [-0.4, -0.2) is 56.0 Å². The van der Waals surface area contributed by atoms with Crippen LogP contribution < -0.4 is 4.74 Å². The van der Waals surface area contributed by atoms with Crippen LogP contribution in [0.4, 0.5) is 0 Å². The molecule has 0 aromatic carbocycles. The molecule has 4 rings (SSSR count). The summed E-state index contributed by atoms with van der Waals surface area (Å²) in [6.07, 6.45) is 11.0. The van der Waals surface area contributed by atoms with Gasteiger partial charge in [0.25, 0.3) is 0 Å². The van der Waals surface area contributed by atoms with Crippen molar-refractivity contribution in [1.29, 1.82) is 0 Å². The molecule has 24 heavy (non-hydrogen) atoms. The molecule has 0 bridgehead atoms. The summed E-state index contributed by atoms with van der Waals surface area (Å²) < 4.78 is 14.0. The standard InChI is InChI=1S/C17H23N5O2/c1-2-22-11-14(8-20-22)10-21-12-17(13-21)7-15(3-6-23-17)24-16-9-18-4-5-19-16/h4-5,8-9,11,15H,2-3,6-7,10,12-13H2,1H3. The fraction of sp³-hybridized carbons (Fsp3) is 0.588. The normalized spacial score (nSPS) is 23.1. The van der Waals surface area contributed by atoms with Crippen LogP contribution in [0.15, 0.2) is 31.0 Å². The van der Waals surface area contributed by atoms with Gasteiger partial charge in [-0.15, -0.1) is 0 Å². The number of rotatable bonds is 5. The van der Waals surface area contributed by atoms with E-state index in [1.165, 1.54) is 5.56 Å². The topological polar surface area (TPSA) is 65.3 Å². The predicted molar refractivity (Wildman–Crippen MR) is 87.5 cm³/mol. The second-order valence-electron chi connectivity index (χ2n) is 6.66. The zero-order chi connectivity index (χ0) is 16.4. The van der Waals surface area contributed by atoms with E-state index < -0.39 is 0 Å². The minimum absolute atomic E-state index is 0.0636. The van der Waals surface area contributed by atoms with Crippen molar-refractivity contribution in [3.05, 3.63) is 36.5 Å². The van der Waals surface area contributed by atoms with E-state index >= 15 is 0 Å². The van der Waals surface area contributed by atoms with Crippen LogP contribution in [0.1, 0.15) is 25.3 Å². The molecule has 1 spiro atoms. The summed E-state index contributed by atoms with van der Waals surface area (Å²) in [7, 11) is 0. The predicted octanol–water partition coefficient (Wildman–Crippen LogP) is 1.51. The van der Waals surface area contributed by atoms with Crippen LogP contribution in [0.2, 0.25) is 0 Å². The van der Waals surface area contributed by atoms with Gasteiger partial charge in [-0.1, -0.05) is 0 Å². The van der Waals surface area contributed by atoms with Crippen LogP contribution >= 0.6 is 0 Å². The highest BCUT2D eigenvalue weighted by Gasteiger charge is 2.48. The van der Waals surface area contributed by atoms with Crippen molar-refractivity contribution in [3.63, 3.8) is 0 Å². The van der Waals surface area contributed by atoms with Crippen molar-refractivity contribution >= 4 is 0 Å². The smallest absolute Gasteiger partial charge is 0.232 e. The fourth-order valence-corrected chi connectivity index (χ4v) is 3.62. The van der Waals surface area contributed by atoms with E-state index in [4.69, 9.17) is 9.47 Å². The molecule has 2 aromatic heterocycles. The van der Waals surface area contributed by atoms with Crippen LogP contribution in [0.3, 0.4) is 0 Å². The van der Waals surface area contributed by atoms with Crippen LogP contribution in [0.5, 0.6) is 5.88 Å². The molecule has 2 aliphatic heterocycles. The highest BCUT2D eigenvalue weighted by Crippen LogP contribution is 2.36. The molecule has 2 saturated heterocycles. The molecule has 0 saturated carbocycles. The first-order chi connectivity index (χ1) is 11.7. The van der Waals surface area contributed by atoms with E-state index in [9.17, 15) is 0 Å². The number of hydrogen-bond donors (Lipinski definition) is 0. The lowest BCUT2D eigenvalue weighted by molar-refractivity contribution is -0.188. The summed E-state index contributed by atoms with van der Waals surface area (Å²) in [4.78, 5) is 10.7. The Morgan fingerprint density at radius 3 is 3.00 bits per heavy atom. The van der Waals surface area contributed by atoms with Crippen molar-refractivity contribution in [2.45, 2.75) is 44.6 Å². The average Bonchev–Trinajstić information content (AvgIpc) is 3.02. The molecule has 2 aliphatic rings. The van der Waals surface area contributed by atoms with Gasteiger partial charge < -0.3 is 9.47 Å². The number of ether oxygens (including phenoxy) is 2. The molecular weight excluding hydrogens is 306 g/mol. The van der Waals surface area contributed by atoms with Crippen molar-refractivity contribution in [2.75, 3.05) is 19.7 Å². The molecule has 1 atom stereocenters. The maximum absolute atomic E-state index is 6.09. The van der Waals surface area contributed by atoms with Gasteiger partial charge >= 0.3 is 0 Å². The number of hydrogen-bond acceptors (Lipinski definition) is 6. The summed E-state index contributed by atoms with van der Waals surface area (Å²) in [6.45, 7) is 6.58. The lowest BCUT2D eigenvalue weighted by atomic mass is 9.84. The van der Waals surface area contributed by atoms with Gasteiger partial charge in [0.15, 0.2) is 0 Å². The maximum atomic E-state index is 6.09. The van der Waals surface area contributed by atoms with E-state index in [0.717, 1.165) is 45.6 Å². The van der Waals surface area contributed by atoms with Crippen molar-refractivity contribution < 1.29 is 9.47 Å². The van der Waals surface area contributed by atoms with Gasteiger partial charge in [0.05, 0.1) is 24.6 Å². The Morgan fingerprint density at radius 1 is 1.33 bits per heavy atom. The first-order valence-corrected chi connectivity index (χ1v) is 8.55. The molecule has 4 heterocycles. The zero-order valence-electron chi connectivity index (χ0n) is 14.0. The second kappa shape index (κ2) is 6.49. The van der Waals surface area contributed by atoms with Gasteiger partial charge in [-0.05, 0) is 6.92 Å². The van der Waals surface area contributed by atoms with Crippen molar-refractivity contribution in [1.82, 2.24) is 24.6 Å². The number of aromatic nitrogens is 4. The number of aryl methyl sites for hydroxylation is 1. The number of likely N-dealkylation sites (tertiary alicyclic amines) is 1. The molecule has 2 fully saturated rings. The van der Waals surface area contributed by atoms with Gasteiger partial charge in [-0.25, -0.2) is 4.98 Å². The molecular formula is C17H23N5O2. The second-order valence-corrected chi connectivity index (χ2v) is 6.66. The SMILES string of the molecule is CCn1cc(CN2CC3(CC(Oc4cnccn4)CCO3)C2)cn1.